The third kappa shape index (κ3) is 3.31. The lowest BCUT2D eigenvalue weighted by molar-refractivity contribution is -0.164. The highest BCUT2D eigenvalue weighted by Gasteiger charge is 2.39. The summed E-state index contributed by atoms with van der Waals surface area (Å²) in [5, 5.41) is 1.13. The van der Waals surface area contributed by atoms with E-state index in [-0.39, 0.29) is 6.42 Å². The molecule has 0 radical (unpaired) electrons. The fraction of sp³-hybridized carbons (Fsp3) is 0.231. The smallest absolute Gasteiger partial charge is 0.272 e. The van der Waals surface area contributed by atoms with E-state index in [4.69, 9.17) is 0 Å². The van der Waals surface area contributed by atoms with Crippen LogP contribution in [0.1, 0.15) is 18.9 Å². The van der Waals surface area contributed by atoms with E-state index in [9.17, 15) is 18.0 Å². The fourth-order valence-corrected chi connectivity index (χ4v) is 2.43. The van der Waals surface area contributed by atoms with Crippen LogP contribution in [0.5, 0.6) is 0 Å². The van der Waals surface area contributed by atoms with Crippen LogP contribution in [0.15, 0.2) is 35.7 Å². The van der Waals surface area contributed by atoms with E-state index in [2.05, 4.69) is 4.28 Å². The Kier molecular flexibility index (Phi) is 4.01. The first-order chi connectivity index (χ1) is 9.39. The normalized spacial score (nSPS) is 20.1. The molecular formula is C13H13NO5S. The van der Waals surface area contributed by atoms with Gasteiger partial charge in [-0.2, -0.15) is 8.42 Å². The minimum atomic E-state index is -4.15. The number of benzene rings is 1. The molecule has 6 nitrogen and oxygen atoms in total. The molecule has 1 unspecified atom stereocenters. The number of hydroxylamine groups is 2. The van der Waals surface area contributed by atoms with Gasteiger partial charge in [0.1, 0.15) is 0 Å². The number of carbonyl (C=O) groups excluding carboxylic acids is 2. The summed E-state index contributed by atoms with van der Waals surface area (Å²) in [5.74, 6) is -1.86. The van der Waals surface area contributed by atoms with Gasteiger partial charge in [0.15, 0.2) is 0 Å². The lowest BCUT2D eigenvalue weighted by Crippen LogP contribution is -2.32. The molecule has 7 heteroatoms. The first-order valence-electron chi connectivity index (χ1n) is 5.93. The second-order valence-corrected chi connectivity index (χ2v) is 5.82. The van der Waals surface area contributed by atoms with Gasteiger partial charge in [0.2, 0.25) is 0 Å². The zero-order valence-corrected chi connectivity index (χ0v) is 11.5. The molecule has 0 saturated carbocycles. The maximum atomic E-state index is 11.7. The number of imide groups is 1. The minimum Gasteiger partial charge on any atom is -0.272 e. The highest BCUT2D eigenvalue weighted by Crippen LogP contribution is 2.20. The van der Waals surface area contributed by atoms with Gasteiger partial charge in [-0.3, -0.25) is 9.59 Å². The SMILES string of the molecule is CC1CC(=O)N(OS(=O)(=O)/C=C/c2ccccc2)C1=O. The molecule has 0 spiro atoms. The Morgan fingerprint density at radius 2 is 1.90 bits per heavy atom. The Morgan fingerprint density at radius 1 is 1.25 bits per heavy atom. The summed E-state index contributed by atoms with van der Waals surface area (Å²) >= 11 is 0. The number of rotatable bonds is 4. The Bertz CT molecular complexity index is 651. The number of carbonyl (C=O) groups is 2. The van der Waals surface area contributed by atoms with Gasteiger partial charge < -0.3 is 0 Å². The van der Waals surface area contributed by atoms with E-state index in [1.54, 1.807) is 30.3 Å². The average molecular weight is 295 g/mol. The van der Waals surface area contributed by atoms with Crippen molar-refractivity contribution in [1.29, 1.82) is 0 Å². The fourth-order valence-electron chi connectivity index (χ4n) is 1.69. The summed E-state index contributed by atoms with van der Waals surface area (Å²) in [6.07, 6.45) is 1.28. The third-order valence-electron chi connectivity index (χ3n) is 2.73. The van der Waals surface area contributed by atoms with E-state index >= 15 is 0 Å². The van der Waals surface area contributed by atoms with Crippen LogP contribution in [-0.4, -0.2) is 25.3 Å². The molecule has 1 aromatic carbocycles. The van der Waals surface area contributed by atoms with Crippen molar-refractivity contribution < 1.29 is 22.3 Å². The van der Waals surface area contributed by atoms with Gasteiger partial charge in [0.05, 0.1) is 5.41 Å². The van der Waals surface area contributed by atoms with Gasteiger partial charge in [-0.1, -0.05) is 37.3 Å². The minimum absolute atomic E-state index is 0.0449. The van der Waals surface area contributed by atoms with Gasteiger partial charge >= 0.3 is 10.1 Å². The topological polar surface area (TPSA) is 80.8 Å². The molecular weight excluding hydrogens is 282 g/mol. The van der Waals surface area contributed by atoms with Gasteiger partial charge in [-0.15, -0.1) is 9.35 Å². The van der Waals surface area contributed by atoms with E-state index in [0.717, 1.165) is 5.41 Å². The van der Waals surface area contributed by atoms with Crippen LogP contribution in [0.3, 0.4) is 0 Å². The summed E-state index contributed by atoms with van der Waals surface area (Å²) < 4.78 is 27.9. The van der Waals surface area contributed by atoms with E-state index < -0.39 is 27.9 Å². The van der Waals surface area contributed by atoms with Crippen molar-refractivity contribution in [2.75, 3.05) is 0 Å². The molecule has 106 valence electrons. The predicted octanol–water partition coefficient (Wildman–Crippen LogP) is 1.31. The molecule has 2 rings (SSSR count). The number of hydrogen-bond acceptors (Lipinski definition) is 5. The lowest BCUT2D eigenvalue weighted by Gasteiger charge is -2.11. The number of hydrogen-bond donors (Lipinski definition) is 0. The Morgan fingerprint density at radius 3 is 2.45 bits per heavy atom. The molecule has 20 heavy (non-hydrogen) atoms. The maximum absolute atomic E-state index is 11.7. The Balaban J connectivity index is 2.11. The van der Waals surface area contributed by atoms with Crippen molar-refractivity contribution in [3.05, 3.63) is 41.3 Å². The zero-order chi connectivity index (χ0) is 14.8. The molecule has 0 aromatic heterocycles. The van der Waals surface area contributed by atoms with E-state index in [1.807, 2.05) is 0 Å². The maximum Gasteiger partial charge on any atom is 0.311 e. The molecule has 2 amide bonds. The standard InChI is InChI=1S/C13H13NO5S/c1-10-9-12(15)14(13(10)16)19-20(17,18)8-7-11-5-3-2-4-6-11/h2-8,10H,9H2,1H3/b8-7+. The molecule has 1 aliphatic heterocycles. The summed E-state index contributed by atoms with van der Waals surface area (Å²) in [5.41, 5.74) is 0.659. The van der Waals surface area contributed by atoms with Crippen LogP contribution in [0.25, 0.3) is 6.08 Å². The summed E-state index contributed by atoms with van der Waals surface area (Å²) in [4.78, 5) is 23.0. The van der Waals surface area contributed by atoms with Crippen LogP contribution in [0.4, 0.5) is 0 Å². The van der Waals surface area contributed by atoms with Crippen molar-refractivity contribution in [2.24, 2.45) is 5.92 Å². The molecule has 1 aromatic rings. The summed E-state index contributed by atoms with van der Waals surface area (Å²) in [6.45, 7) is 1.54. The third-order valence-corrected chi connectivity index (χ3v) is 3.56. The van der Waals surface area contributed by atoms with Crippen molar-refractivity contribution in [3.8, 4) is 0 Å². The molecule has 1 atom stereocenters. The highest BCUT2D eigenvalue weighted by molar-refractivity contribution is 7.89. The van der Waals surface area contributed by atoms with Crippen molar-refractivity contribution in [1.82, 2.24) is 5.06 Å². The number of nitrogens with zero attached hydrogens (tertiary/aromatic N) is 1. The lowest BCUT2D eigenvalue weighted by atomic mass is 10.1. The average Bonchev–Trinajstić information content (AvgIpc) is 2.64. The largest absolute Gasteiger partial charge is 0.311 e. The van der Waals surface area contributed by atoms with Crippen LogP contribution < -0.4 is 0 Å². The van der Waals surface area contributed by atoms with E-state index in [0.29, 0.717) is 10.6 Å². The van der Waals surface area contributed by atoms with Crippen molar-refractivity contribution in [2.45, 2.75) is 13.3 Å². The highest BCUT2D eigenvalue weighted by atomic mass is 32.2. The van der Waals surface area contributed by atoms with E-state index in [1.165, 1.54) is 13.0 Å². The monoisotopic (exact) mass is 295 g/mol. The molecule has 0 N–H and O–H groups in total. The van der Waals surface area contributed by atoms with Gasteiger partial charge in [-0.05, 0) is 11.6 Å². The Hall–Kier alpha value is -1.99. The number of amides is 2. The quantitative estimate of drug-likeness (QED) is 0.782. The summed E-state index contributed by atoms with van der Waals surface area (Å²) in [7, 11) is -4.15. The van der Waals surface area contributed by atoms with Crippen LogP contribution >= 0.6 is 0 Å². The molecule has 0 bridgehead atoms. The molecule has 1 aliphatic rings. The second-order valence-electron chi connectivity index (χ2n) is 4.41. The second kappa shape index (κ2) is 5.56. The first-order valence-corrected chi connectivity index (χ1v) is 7.41. The molecule has 1 heterocycles. The summed E-state index contributed by atoms with van der Waals surface area (Å²) in [6, 6.07) is 8.72. The van der Waals surface area contributed by atoms with Crippen molar-refractivity contribution in [3.63, 3.8) is 0 Å². The zero-order valence-electron chi connectivity index (χ0n) is 10.7. The van der Waals surface area contributed by atoms with Gasteiger partial charge in [-0.25, -0.2) is 0 Å². The first kappa shape index (κ1) is 14.4. The molecule has 1 fully saturated rings. The van der Waals surface area contributed by atoms with Crippen LogP contribution in [0, 0.1) is 5.92 Å². The van der Waals surface area contributed by atoms with Crippen molar-refractivity contribution >= 4 is 28.0 Å². The molecule has 0 aliphatic carbocycles. The molecule has 1 saturated heterocycles. The predicted molar refractivity (Wildman–Crippen MR) is 71.1 cm³/mol. The van der Waals surface area contributed by atoms with Crippen LogP contribution in [0.2, 0.25) is 0 Å². The Labute approximate surface area is 116 Å². The van der Waals surface area contributed by atoms with Gasteiger partial charge in [0.25, 0.3) is 11.8 Å². The van der Waals surface area contributed by atoms with Gasteiger partial charge in [0, 0.05) is 12.3 Å². The van der Waals surface area contributed by atoms with Crippen LogP contribution in [-0.2, 0) is 24.0 Å².